The summed E-state index contributed by atoms with van der Waals surface area (Å²) in [5.41, 5.74) is 4.05. The van der Waals surface area contributed by atoms with Crippen LogP contribution in [0.25, 0.3) is 21.8 Å². The predicted octanol–water partition coefficient (Wildman–Crippen LogP) is 6.40. The number of benzene rings is 3. The first-order chi connectivity index (χ1) is 15.1. The number of thiazole rings is 1. The van der Waals surface area contributed by atoms with Crippen LogP contribution in [0, 0.1) is 0 Å². The van der Waals surface area contributed by atoms with Crippen molar-refractivity contribution in [2.24, 2.45) is 0 Å². The largest absolute Gasteiger partial charge is 0.493 e. The van der Waals surface area contributed by atoms with Gasteiger partial charge in [-0.05, 0) is 42.5 Å². The van der Waals surface area contributed by atoms with Gasteiger partial charge in [-0.3, -0.25) is 4.79 Å². The quantitative estimate of drug-likeness (QED) is 0.369. The number of ether oxygens (including phenoxy) is 2. The number of hydrogen-bond acceptors (Lipinski definition) is 5. The van der Waals surface area contributed by atoms with Gasteiger partial charge >= 0.3 is 0 Å². The van der Waals surface area contributed by atoms with Crippen molar-refractivity contribution < 1.29 is 14.3 Å². The molecule has 4 rings (SSSR count). The zero-order valence-corrected chi connectivity index (χ0v) is 18.5. The molecule has 0 spiro atoms. The highest BCUT2D eigenvalue weighted by Gasteiger charge is 2.12. The van der Waals surface area contributed by atoms with Crippen molar-refractivity contribution >= 4 is 34.5 Å². The summed E-state index contributed by atoms with van der Waals surface area (Å²) < 4.78 is 10.5. The van der Waals surface area contributed by atoms with Crippen LogP contribution in [0.15, 0.2) is 72.1 Å². The maximum atomic E-state index is 12.6. The summed E-state index contributed by atoms with van der Waals surface area (Å²) in [6.07, 6.45) is 0. The average molecular weight is 451 g/mol. The molecule has 0 bridgehead atoms. The van der Waals surface area contributed by atoms with Gasteiger partial charge in [-0.1, -0.05) is 35.9 Å². The number of carbonyl (C=O) groups excluding carboxylic acids is 1. The van der Waals surface area contributed by atoms with Crippen LogP contribution in [0.3, 0.4) is 0 Å². The van der Waals surface area contributed by atoms with Gasteiger partial charge in [0.1, 0.15) is 5.01 Å². The molecular formula is C24H19ClN2O3S. The molecule has 0 aliphatic carbocycles. The molecule has 0 aliphatic heterocycles. The Morgan fingerprint density at radius 3 is 2.26 bits per heavy atom. The van der Waals surface area contributed by atoms with Crippen molar-refractivity contribution in [1.82, 2.24) is 4.98 Å². The molecule has 4 aromatic rings. The van der Waals surface area contributed by atoms with Crippen molar-refractivity contribution in [1.29, 1.82) is 0 Å². The minimum Gasteiger partial charge on any atom is -0.493 e. The highest BCUT2D eigenvalue weighted by atomic mass is 35.5. The maximum absolute atomic E-state index is 12.6. The van der Waals surface area contributed by atoms with Gasteiger partial charge in [0.2, 0.25) is 0 Å². The van der Waals surface area contributed by atoms with Gasteiger partial charge in [0.15, 0.2) is 11.5 Å². The Labute approximate surface area is 189 Å². The van der Waals surface area contributed by atoms with Gasteiger partial charge in [-0.25, -0.2) is 4.98 Å². The Morgan fingerprint density at radius 2 is 1.58 bits per heavy atom. The summed E-state index contributed by atoms with van der Waals surface area (Å²) >= 11 is 7.54. The SMILES string of the molecule is COc1ccc(C(=O)Nc2ccc(-c3csc(-c4ccc(Cl)cc4)n3)cc2)cc1OC. The monoisotopic (exact) mass is 450 g/mol. The number of carbonyl (C=O) groups is 1. The first-order valence-corrected chi connectivity index (χ1v) is 10.7. The van der Waals surface area contributed by atoms with Gasteiger partial charge in [-0.15, -0.1) is 11.3 Å². The molecule has 7 heteroatoms. The van der Waals surface area contributed by atoms with Gasteiger partial charge < -0.3 is 14.8 Å². The van der Waals surface area contributed by atoms with Crippen LogP contribution in [0.5, 0.6) is 11.5 Å². The van der Waals surface area contributed by atoms with Crippen molar-refractivity contribution in [3.05, 3.63) is 82.7 Å². The number of aromatic nitrogens is 1. The molecule has 1 aromatic heterocycles. The number of hydrogen-bond donors (Lipinski definition) is 1. The third-order valence-electron chi connectivity index (χ3n) is 4.68. The fourth-order valence-electron chi connectivity index (χ4n) is 3.04. The number of nitrogens with zero attached hydrogens (tertiary/aromatic N) is 1. The Bertz CT molecular complexity index is 1200. The van der Waals surface area contributed by atoms with Crippen molar-refractivity contribution in [3.8, 4) is 33.3 Å². The van der Waals surface area contributed by atoms with E-state index in [9.17, 15) is 4.79 Å². The molecule has 156 valence electrons. The molecule has 0 saturated carbocycles. The van der Waals surface area contributed by atoms with Gasteiger partial charge in [0.25, 0.3) is 5.91 Å². The van der Waals surface area contributed by atoms with Crippen LogP contribution in [-0.4, -0.2) is 25.1 Å². The lowest BCUT2D eigenvalue weighted by molar-refractivity contribution is 0.102. The lowest BCUT2D eigenvalue weighted by Crippen LogP contribution is -2.12. The average Bonchev–Trinajstić information content (AvgIpc) is 3.29. The number of anilines is 1. The summed E-state index contributed by atoms with van der Waals surface area (Å²) in [6, 6.07) is 20.3. The number of methoxy groups -OCH3 is 2. The molecule has 0 saturated heterocycles. The summed E-state index contributed by atoms with van der Waals surface area (Å²) in [5, 5.41) is 6.54. The number of rotatable bonds is 6. The van der Waals surface area contributed by atoms with E-state index in [1.165, 1.54) is 7.11 Å². The third kappa shape index (κ3) is 4.71. The highest BCUT2D eigenvalue weighted by molar-refractivity contribution is 7.13. The third-order valence-corrected chi connectivity index (χ3v) is 5.82. The lowest BCUT2D eigenvalue weighted by Gasteiger charge is -2.10. The van der Waals surface area contributed by atoms with Crippen LogP contribution in [-0.2, 0) is 0 Å². The molecule has 0 unspecified atom stereocenters. The number of nitrogens with one attached hydrogen (secondary N) is 1. The molecule has 5 nitrogen and oxygen atoms in total. The predicted molar refractivity (Wildman–Crippen MR) is 125 cm³/mol. The van der Waals surface area contributed by atoms with Crippen LogP contribution < -0.4 is 14.8 Å². The van der Waals surface area contributed by atoms with E-state index in [1.807, 2.05) is 53.9 Å². The number of amides is 1. The zero-order chi connectivity index (χ0) is 21.8. The molecule has 1 N–H and O–H groups in total. The smallest absolute Gasteiger partial charge is 0.255 e. The molecule has 0 aliphatic rings. The Balaban J connectivity index is 1.47. The number of halogens is 1. The molecule has 1 heterocycles. The zero-order valence-electron chi connectivity index (χ0n) is 16.9. The fourth-order valence-corrected chi connectivity index (χ4v) is 4.00. The Morgan fingerprint density at radius 1 is 0.903 bits per heavy atom. The first kappa shape index (κ1) is 20.9. The lowest BCUT2D eigenvalue weighted by atomic mass is 10.1. The van der Waals surface area contributed by atoms with E-state index in [1.54, 1.807) is 36.6 Å². The van der Waals surface area contributed by atoms with E-state index in [-0.39, 0.29) is 5.91 Å². The molecule has 0 fully saturated rings. The van der Waals surface area contributed by atoms with Gasteiger partial charge in [-0.2, -0.15) is 0 Å². The molecule has 31 heavy (non-hydrogen) atoms. The van der Waals surface area contributed by atoms with Crippen LogP contribution in [0.1, 0.15) is 10.4 Å². The molecule has 1 amide bonds. The topological polar surface area (TPSA) is 60.5 Å². The Kier molecular flexibility index (Phi) is 6.21. The van der Waals surface area contributed by atoms with Crippen molar-refractivity contribution in [2.45, 2.75) is 0 Å². The second kappa shape index (κ2) is 9.20. The minimum absolute atomic E-state index is 0.229. The maximum Gasteiger partial charge on any atom is 0.255 e. The standard InChI is InChI=1S/C24H19ClN2O3S/c1-29-21-12-7-17(13-22(21)30-2)23(28)26-19-10-5-15(6-11-19)20-14-31-24(27-20)16-3-8-18(25)9-4-16/h3-14H,1-2H3,(H,26,28). The molecular weight excluding hydrogens is 432 g/mol. The second-order valence-corrected chi connectivity index (χ2v) is 7.94. The van der Waals surface area contributed by atoms with Crippen molar-refractivity contribution in [3.63, 3.8) is 0 Å². The van der Waals surface area contributed by atoms with Gasteiger partial charge in [0, 0.05) is 32.8 Å². The van der Waals surface area contributed by atoms with E-state index in [0.717, 1.165) is 21.8 Å². The fraction of sp³-hybridized carbons (Fsp3) is 0.0833. The van der Waals surface area contributed by atoms with E-state index in [2.05, 4.69) is 5.32 Å². The summed E-state index contributed by atoms with van der Waals surface area (Å²) in [5.74, 6) is 0.850. The van der Waals surface area contributed by atoms with Crippen molar-refractivity contribution in [2.75, 3.05) is 19.5 Å². The normalized spacial score (nSPS) is 10.5. The summed E-state index contributed by atoms with van der Waals surface area (Å²) in [7, 11) is 3.09. The van der Waals surface area contributed by atoms with Gasteiger partial charge in [0.05, 0.1) is 19.9 Å². The molecule has 3 aromatic carbocycles. The second-order valence-electron chi connectivity index (χ2n) is 6.65. The minimum atomic E-state index is -0.229. The van der Waals surface area contributed by atoms with E-state index in [0.29, 0.717) is 27.8 Å². The molecule has 0 atom stereocenters. The Hall–Kier alpha value is -3.35. The van der Waals surface area contributed by atoms with E-state index in [4.69, 9.17) is 26.1 Å². The van der Waals surface area contributed by atoms with Crippen LogP contribution >= 0.6 is 22.9 Å². The van der Waals surface area contributed by atoms with E-state index >= 15 is 0 Å². The van der Waals surface area contributed by atoms with Crippen LogP contribution in [0.4, 0.5) is 5.69 Å². The van der Waals surface area contributed by atoms with Crippen LogP contribution in [0.2, 0.25) is 5.02 Å². The first-order valence-electron chi connectivity index (χ1n) is 9.42. The van der Waals surface area contributed by atoms with E-state index < -0.39 is 0 Å². The summed E-state index contributed by atoms with van der Waals surface area (Å²) in [6.45, 7) is 0. The highest BCUT2D eigenvalue weighted by Crippen LogP contribution is 2.31. The molecule has 0 radical (unpaired) electrons. The summed E-state index contributed by atoms with van der Waals surface area (Å²) in [4.78, 5) is 17.3.